The van der Waals surface area contributed by atoms with Crippen LogP contribution in [0.3, 0.4) is 0 Å². The Morgan fingerprint density at radius 1 is 1.07 bits per heavy atom. The van der Waals surface area contributed by atoms with Crippen molar-refractivity contribution in [3.05, 3.63) is 35.9 Å². The summed E-state index contributed by atoms with van der Waals surface area (Å²) in [6, 6.07) is 8.16. The average molecular weight is 410 g/mol. The quantitative estimate of drug-likeness (QED) is 0.346. The van der Waals surface area contributed by atoms with Crippen LogP contribution in [0, 0.1) is 0 Å². The highest BCUT2D eigenvalue weighted by Crippen LogP contribution is 2.06. The largest absolute Gasteiger partial charge is 0.467 e. The van der Waals surface area contributed by atoms with Gasteiger partial charge in [-0.1, -0.05) is 30.3 Å². The zero-order valence-corrected chi connectivity index (χ0v) is 17.4. The first kappa shape index (κ1) is 24.2. The van der Waals surface area contributed by atoms with Gasteiger partial charge in [-0.2, -0.15) is 0 Å². The van der Waals surface area contributed by atoms with Crippen molar-refractivity contribution in [3.63, 3.8) is 0 Å². The Morgan fingerprint density at radius 2 is 1.76 bits per heavy atom. The molecule has 1 aromatic rings. The van der Waals surface area contributed by atoms with E-state index in [1.54, 1.807) is 20.8 Å². The molecule has 9 heteroatoms. The normalized spacial score (nSPS) is 11.9. The van der Waals surface area contributed by atoms with Gasteiger partial charge in [-0.05, 0) is 32.8 Å². The predicted octanol–water partition coefficient (Wildman–Crippen LogP) is 2.39. The maximum Gasteiger partial charge on any atom is 0.408 e. The second-order valence-electron chi connectivity index (χ2n) is 7.14. The summed E-state index contributed by atoms with van der Waals surface area (Å²) in [6.45, 7) is 5.95. The van der Waals surface area contributed by atoms with Crippen LogP contribution in [0.1, 0.15) is 32.8 Å². The Labute approximate surface area is 171 Å². The minimum atomic E-state index is -0.998. The van der Waals surface area contributed by atoms with Gasteiger partial charge in [0.1, 0.15) is 12.2 Å². The molecule has 0 saturated heterocycles. The highest BCUT2D eigenvalue weighted by atomic mass is 16.6. The zero-order chi connectivity index (χ0) is 21.7. The molecule has 1 rings (SSSR count). The number of nitrogens with one attached hydrogen (secondary N) is 2. The Hall–Kier alpha value is -2.81. The molecular formula is C20H30N2O7. The van der Waals surface area contributed by atoms with Crippen molar-refractivity contribution in [2.75, 3.05) is 26.9 Å². The Balaban J connectivity index is 2.28. The van der Waals surface area contributed by atoms with Gasteiger partial charge in [-0.25, -0.2) is 14.4 Å². The molecule has 0 aliphatic heterocycles. The van der Waals surface area contributed by atoms with Crippen LogP contribution in [0.4, 0.5) is 9.59 Å². The first-order chi connectivity index (χ1) is 13.7. The molecule has 0 radical (unpaired) electrons. The van der Waals surface area contributed by atoms with Gasteiger partial charge in [0.15, 0.2) is 6.04 Å². The van der Waals surface area contributed by atoms with Crippen LogP contribution in [0.15, 0.2) is 30.3 Å². The molecule has 0 heterocycles. The van der Waals surface area contributed by atoms with E-state index in [9.17, 15) is 14.4 Å². The van der Waals surface area contributed by atoms with Crippen LogP contribution in [-0.4, -0.2) is 56.7 Å². The summed E-state index contributed by atoms with van der Waals surface area (Å²) in [5.41, 5.74) is 0.265. The first-order valence-electron chi connectivity index (χ1n) is 9.31. The molecule has 29 heavy (non-hydrogen) atoms. The lowest BCUT2D eigenvalue weighted by atomic mass is 10.2. The third-order valence-corrected chi connectivity index (χ3v) is 3.41. The molecule has 0 fully saturated rings. The van der Waals surface area contributed by atoms with Crippen molar-refractivity contribution in [1.29, 1.82) is 0 Å². The SMILES string of the molecule is COC(=O)C(COCCCNC(=O)OC(C)(C)C)NC(=O)OCc1ccccc1. The Bertz CT molecular complexity index is 644. The van der Waals surface area contributed by atoms with E-state index in [2.05, 4.69) is 15.4 Å². The van der Waals surface area contributed by atoms with Crippen LogP contribution in [0.2, 0.25) is 0 Å². The van der Waals surface area contributed by atoms with Gasteiger partial charge >= 0.3 is 18.2 Å². The van der Waals surface area contributed by atoms with Crippen molar-refractivity contribution in [2.45, 2.75) is 45.4 Å². The third kappa shape index (κ3) is 11.6. The van der Waals surface area contributed by atoms with E-state index >= 15 is 0 Å². The van der Waals surface area contributed by atoms with Crippen molar-refractivity contribution in [2.24, 2.45) is 0 Å². The number of alkyl carbamates (subject to hydrolysis) is 2. The van der Waals surface area contributed by atoms with Crippen LogP contribution in [0.25, 0.3) is 0 Å². The number of hydrogen-bond donors (Lipinski definition) is 2. The van der Waals surface area contributed by atoms with Gasteiger partial charge in [-0.15, -0.1) is 0 Å². The average Bonchev–Trinajstić information content (AvgIpc) is 2.66. The summed E-state index contributed by atoms with van der Waals surface area (Å²) in [5, 5.41) is 5.03. The van der Waals surface area contributed by atoms with E-state index in [1.807, 2.05) is 30.3 Å². The number of rotatable bonds is 10. The number of methoxy groups -OCH3 is 1. The van der Waals surface area contributed by atoms with E-state index in [0.29, 0.717) is 13.0 Å². The smallest absolute Gasteiger partial charge is 0.408 e. The molecule has 1 atom stereocenters. The summed E-state index contributed by atoms with van der Waals surface area (Å²) in [7, 11) is 1.22. The lowest BCUT2D eigenvalue weighted by Gasteiger charge is -2.19. The van der Waals surface area contributed by atoms with Gasteiger partial charge in [0.2, 0.25) is 0 Å². The van der Waals surface area contributed by atoms with E-state index in [-0.39, 0.29) is 19.8 Å². The Kier molecular flexibility index (Phi) is 10.5. The van der Waals surface area contributed by atoms with Gasteiger partial charge < -0.3 is 29.6 Å². The van der Waals surface area contributed by atoms with Crippen LogP contribution < -0.4 is 10.6 Å². The number of carbonyl (C=O) groups is 3. The molecule has 9 nitrogen and oxygen atoms in total. The second kappa shape index (κ2) is 12.6. The highest BCUT2D eigenvalue weighted by Gasteiger charge is 2.22. The predicted molar refractivity (Wildman–Crippen MR) is 105 cm³/mol. The molecule has 0 spiro atoms. The molecular weight excluding hydrogens is 380 g/mol. The Morgan fingerprint density at radius 3 is 2.38 bits per heavy atom. The van der Waals surface area contributed by atoms with Gasteiger partial charge in [-0.3, -0.25) is 0 Å². The number of amides is 2. The monoisotopic (exact) mass is 410 g/mol. The number of esters is 1. The summed E-state index contributed by atoms with van der Waals surface area (Å²) in [4.78, 5) is 35.2. The number of benzene rings is 1. The molecule has 0 aliphatic rings. The fraction of sp³-hybridized carbons (Fsp3) is 0.550. The minimum absolute atomic E-state index is 0.0811. The maximum absolute atomic E-state index is 11.9. The number of ether oxygens (including phenoxy) is 4. The number of hydrogen-bond acceptors (Lipinski definition) is 7. The van der Waals surface area contributed by atoms with E-state index in [1.165, 1.54) is 7.11 Å². The van der Waals surface area contributed by atoms with Crippen molar-refractivity contribution < 1.29 is 33.3 Å². The molecule has 0 aromatic heterocycles. The first-order valence-corrected chi connectivity index (χ1v) is 9.31. The van der Waals surface area contributed by atoms with Gasteiger partial charge in [0.25, 0.3) is 0 Å². The lowest BCUT2D eigenvalue weighted by molar-refractivity contribution is -0.144. The van der Waals surface area contributed by atoms with E-state index in [4.69, 9.17) is 14.2 Å². The molecule has 0 aliphatic carbocycles. The highest BCUT2D eigenvalue weighted by molar-refractivity contribution is 5.81. The maximum atomic E-state index is 11.9. The standard InChI is InChI=1S/C20H30N2O7/c1-20(2,3)29-18(24)21-11-8-12-27-14-16(17(23)26-4)22-19(25)28-13-15-9-6-5-7-10-15/h5-7,9-10,16H,8,11-14H2,1-4H3,(H,21,24)(H,22,25). The molecule has 0 saturated carbocycles. The molecule has 1 aromatic carbocycles. The molecule has 2 N–H and O–H groups in total. The van der Waals surface area contributed by atoms with Crippen molar-refractivity contribution in [1.82, 2.24) is 10.6 Å². The number of carbonyl (C=O) groups excluding carboxylic acids is 3. The molecule has 1 unspecified atom stereocenters. The van der Waals surface area contributed by atoms with Crippen molar-refractivity contribution >= 4 is 18.2 Å². The molecule has 0 bridgehead atoms. The second-order valence-corrected chi connectivity index (χ2v) is 7.14. The summed E-state index contributed by atoms with van der Waals surface area (Å²) < 4.78 is 20.3. The fourth-order valence-corrected chi connectivity index (χ4v) is 2.10. The van der Waals surface area contributed by atoms with E-state index in [0.717, 1.165) is 5.56 Å². The zero-order valence-electron chi connectivity index (χ0n) is 17.4. The van der Waals surface area contributed by atoms with Crippen LogP contribution in [-0.2, 0) is 30.3 Å². The van der Waals surface area contributed by atoms with Gasteiger partial charge in [0.05, 0.1) is 13.7 Å². The van der Waals surface area contributed by atoms with Crippen LogP contribution in [0.5, 0.6) is 0 Å². The summed E-state index contributed by atoms with van der Waals surface area (Å²) in [5.74, 6) is -0.645. The van der Waals surface area contributed by atoms with Crippen LogP contribution >= 0.6 is 0 Å². The minimum Gasteiger partial charge on any atom is -0.467 e. The summed E-state index contributed by atoms with van der Waals surface area (Å²) >= 11 is 0. The summed E-state index contributed by atoms with van der Waals surface area (Å²) in [6.07, 6.45) is -0.752. The van der Waals surface area contributed by atoms with Crippen molar-refractivity contribution in [3.8, 4) is 0 Å². The third-order valence-electron chi connectivity index (χ3n) is 3.41. The fourth-order valence-electron chi connectivity index (χ4n) is 2.10. The molecule has 162 valence electrons. The lowest BCUT2D eigenvalue weighted by Crippen LogP contribution is -2.45. The van der Waals surface area contributed by atoms with E-state index < -0.39 is 29.8 Å². The topological polar surface area (TPSA) is 112 Å². The molecule has 2 amide bonds. The van der Waals surface area contributed by atoms with Gasteiger partial charge in [0, 0.05) is 13.2 Å².